The van der Waals surface area contributed by atoms with Crippen molar-refractivity contribution in [3.63, 3.8) is 0 Å². The van der Waals surface area contributed by atoms with Crippen LogP contribution in [0.1, 0.15) is 214 Å². The SMILES string of the molecule is CCCCCCCCCCc1ccc(-c2sc(-c3ccc(C#Cc4ccc(-c5cc(CCCCCC)c(-c6ccc(CCCCCCCCCC)s6)s5)cc4)cc3)cc2CCCCCC)s1. The number of hydrogen-bond acceptors (Lipinski definition) is 4. The van der Waals surface area contributed by atoms with Crippen molar-refractivity contribution in [1.29, 1.82) is 0 Å². The Kier molecular flexibility index (Phi) is 24.0. The first-order chi connectivity index (χ1) is 32.6. The van der Waals surface area contributed by atoms with E-state index in [4.69, 9.17) is 0 Å². The molecule has 2 aromatic carbocycles. The van der Waals surface area contributed by atoms with E-state index in [1.165, 1.54) is 231 Å². The van der Waals surface area contributed by atoms with Gasteiger partial charge in [-0.2, -0.15) is 0 Å². The molecule has 6 aromatic rings. The first-order valence-corrected chi connectivity index (χ1v) is 30.0. The van der Waals surface area contributed by atoms with Crippen LogP contribution in [0.5, 0.6) is 0 Å². The van der Waals surface area contributed by atoms with Gasteiger partial charge in [0, 0.05) is 50.1 Å². The van der Waals surface area contributed by atoms with Crippen molar-refractivity contribution in [2.45, 2.75) is 207 Å². The largest absolute Gasteiger partial charge is 0.139 e. The standard InChI is InChI=1S/C62H82S4/c1-5-9-13-17-19-21-23-27-31-55-43-45-57(63-55)61-53(29-25-15-11-7-3)47-59(65-61)51-39-35-49(36-40-51)33-34-50-37-41-52(42-38-50)60-48-54(30-26-16-12-8-4)62(66-60)58-46-44-56(64-58)32-28-24-22-20-18-14-10-6-2/h35-48H,5-32H2,1-4H3. The van der Waals surface area contributed by atoms with Crippen LogP contribution in [-0.4, -0.2) is 0 Å². The molecule has 4 heterocycles. The van der Waals surface area contributed by atoms with Crippen LogP contribution in [0.4, 0.5) is 0 Å². The second kappa shape index (κ2) is 30.3. The summed E-state index contributed by atoms with van der Waals surface area (Å²) in [6, 6.07) is 32.6. The number of rotatable bonds is 32. The van der Waals surface area contributed by atoms with E-state index in [-0.39, 0.29) is 0 Å². The molecule has 0 amide bonds. The molecule has 0 nitrogen and oxygen atoms in total. The van der Waals surface area contributed by atoms with E-state index in [0.717, 1.165) is 11.1 Å². The summed E-state index contributed by atoms with van der Waals surface area (Å²) in [6.07, 6.45) is 37.3. The summed E-state index contributed by atoms with van der Waals surface area (Å²) >= 11 is 8.05. The summed E-state index contributed by atoms with van der Waals surface area (Å²) in [5, 5.41) is 0. The third-order valence-corrected chi connectivity index (χ3v) is 18.3. The predicted octanol–water partition coefficient (Wildman–Crippen LogP) is 21.6. The van der Waals surface area contributed by atoms with E-state index >= 15 is 0 Å². The van der Waals surface area contributed by atoms with Gasteiger partial charge in [-0.25, -0.2) is 0 Å². The first kappa shape index (κ1) is 52.2. The molecule has 66 heavy (non-hydrogen) atoms. The maximum absolute atomic E-state index is 3.48. The number of unbranched alkanes of at least 4 members (excludes halogenated alkanes) is 20. The quantitative estimate of drug-likeness (QED) is 0.0292. The number of aryl methyl sites for hydroxylation is 4. The Labute approximate surface area is 419 Å². The highest BCUT2D eigenvalue weighted by molar-refractivity contribution is 7.24. The molecule has 0 N–H and O–H groups in total. The van der Waals surface area contributed by atoms with Gasteiger partial charge in [-0.05, 0) is 134 Å². The third kappa shape index (κ3) is 17.4. The van der Waals surface area contributed by atoms with Crippen molar-refractivity contribution in [2.24, 2.45) is 0 Å². The highest BCUT2D eigenvalue weighted by atomic mass is 32.1. The van der Waals surface area contributed by atoms with Gasteiger partial charge in [0.05, 0.1) is 0 Å². The first-order valence-electron chi connectivity index (χ1n) is 26.7. The van der Waals surface area contributed by atoms with Gasteiger partial charge in [-0.15, -0.1) is 45.3 Å². The molecule has 0 aliphatic carbocycles. The van der Waals surface area contributed by atoms with Gasteiger partial charge in [0.1, 0.15) is 0 Å². The Morgan fingerprint density at radius 2 is 0.621 bits per heavy atom. The van der Waals surface area contributed by atoms with E-state index < -0.39 is 0 Å². The topological polar surface area (TPSA) is 0 Å². The molecule has 6 rings (SSSR count). The molecule has 0 aliphatic rings. The Balaban J connectivity index is 1.07. The zero-order valence-electron chi connectivity index (χ0n) is 41.5. The average Bonchev–Trinajstić information content (AvgIpc) is 4.18. The van der Waals surface area contributed by atoms with Crippen molar-refractivity contribution in [1.82, 2.24) is 0 Å². The molecule has 354 valence electrons. The Morgan fingerprint density at radius 3 is 0.985 bits per heavy atom. The van der Waals surface area contributed by atoms with Gasteiger partial charge in [-0.3, -0.25) is 0 Å². The van der Waals surface area contributed by atoms with Crippen LogP contribution in [0.3, 0.4) is 0 Å². The van der Waals surface area contributed by atoms with Crippen LogP contribution in [0.25, 0.3) is 40.4 Å². The molecule has 0 saturated heterocycles. The van der Waals surface area contributed by atoms with Crippen molar-refractivity contribution in [2.75, 3.05) is 0 Å². The fourth-order valence-corrected chi connectivity index (χ4v) is 14.0. The number of thiophene rings is 4. The highest BCUT2D eigenvalue weighted by Crippen LogP contribution is 2.44. The van der Waals surface area contributed by atoms with Gasteiger partial charge in [-0.1, -0.05) is 192 Å². The molecular formula is C62H82S4. The Hall–Kier alpha value is -3.20. The minimum Gasteiger partial charge on any atom is -0.139 e. The molecule has 0 atom stereocenters. The van der Waals surface area contributed by atoms with E-state index in [1.807, 2.05) is 45.3 Å². The highest BCUT2D eigenvalue weighted by Gasteiger charge is 2.17. The van der Waals surface area contributed by atoms with Gasteiger partial charge in [0.25, 0.3) is 0 Å². The maximum Gasteiger partial charge on any atom is 0.0481 e. The minimum absolute atomic E-state index is 1.07. The fourth-order valence-electron chi connectivity index (χ4n) is 9.13. The molecule has 0 saturated carbocycles. The minimum atomic E-state index is 1.07. The molecule has 4 heteroatoms. The van der Waals surface area contributed by atoms with Crippen molar-refractivity contribution < 1.29 is 0 Å². The molecule has 0 aliphatic heterocycles. The summed E-state index contributed by atoms with van der Waals surface area (Å²) in [4.78, 5) is 11.8. The van der Waals surface area contributed by atoms with Gasteiger partial charge >= 0.3 is 0 Å². The summed E-state index contributed by atoms with van der Waals surface area (Å²) in [7, 11) is 0. The van der Waals surface area contributed by atoms with Crippen LogP contribution in [0, 0.1) is 11.8 Å². The smallest absolute Gasteiger partial charge is 0.0481 e. The summed E-state index contributed by atoms with van der Waals surface area (Å²) in [6.45, 7) is 9.22. The van der Waals surface area contributed by atoms with Gasteiger partial charge in [0.2, 0.25) is 0 Å². The van der Waals surface area contributed by atoms with Crippen LogP contribution < -0.4 is 0 Å². The number of hydrogen-bond donors (Lipinski definition) is 0. The Bertz CT molecular complexity index is 2120. The lowest BCUT2D eigenvalue weighted by Gasteiger charge is -2.02. The van der Waals surface area contributed by atoms with E-state index in [9.17, 15) is 0 Å². The second-order valence-electron chi connectivity index (χ2n) is 18.9. The van der Waals surface area contributed by atoms with E-state index in [2.05, 4.69) is 124 Å². The van der Waals surface area contributed by atoms with E-state index in [1.54, 1.807) is 9.75 Å². The van der Waals surface area contributed by atoms with E-state index in [0.29, 0.717) is 0 Å². The molecular weight excluding hydrogens is 873 g/mol. The molecule has 0 bridgehead atoms. The molecule has 0 fully saturated rings. The summed E-state index contributed by atoms with van der Waals surface area (Å²) in [5.74, 6) is 6.96. The predicted molar refractivity (Wildman–Crippen MR) is 300 cm³/mol. The van der Waals surface area contributed by atoms with Crippen molar-refractivity contribution >= 4 is 45.3 Å². The van der Waals surface area contributed by atoms with Crippen LogP contribution in [0.2, 0.25) is 0 Å². The van der Waals surface area contributed by atoms with Crippen LogP contribution >= 0.6 is 45.3 Å². The average molecular weight is 956 g/mol. The monoisotopic (exact) mass is 955 g/mol. The van der Waals surface area contributed by atoms with Crippen molar-refractivity contribution in [3.8, 4) is 52.2 Å². The van der Waals surface area contributed by atoms with Crippen LogP contribution in [0.15, 0.2) is 84.9 Å². The van der Waals surface area contributed by atoms with Crippen molar-refractivity contribution in [3.05, 3.63) is 117 Å². The Morgan fingerprint density at radius 1 is 0.303 bits per heavy atom. The number of benzene rings is 2. The normalized spacial score (nSPS) is 11.4. The summed E-state index contributed by atoms with van der Waals surface area (Å²) in [5.41, 5.74) is 7.80. The maximum atomic E-state index is 3.48. The zero-order chi connectivity index (χ0) is 46.0. The molecule has 0 unspecified atom stereocenters. The van der Waals surface area contributed by atoms with Crippen LogP contribution in [-0.2, 0) is 25.7 Å². The molecule has 0 spiro atoms. The van der Waals surface area contributed by atoms with Gasteiger partial charge < -0.3 is 0 Å². The lowest BCUT2D eigenvalue weighted by molar-refractivity contribution is 0.576. The fraction of sp³-hybridized carbons (Fsp3) is 0.516. The van der Waals surface area contributed by atoms with Gasteiger partial charge in [0.15, 0.2) is 0 Å². The molecule has 4 aromatic heterocycles. The lowest BCUT2D eigenvalue weighted by atomic mass is 10.0. The lowest BCUT2D eigenvalue weighted by Crippen LogP contribution is -1.85. The summed E-state index contributed by atoms with van der Waals surface area (Å²) < 4.78 is 0. The zero-order valence-corrected chi connectivity index (χ0v) is 44.8. The molecule has 0 radical (unpaired) electrons. The second-order valence-corrected chi connectivity index (χ2v) is 23.4. The third-order valence-electron chi connectivity index (χ3n) is 13.2.